The first-order valence-electron chi connectivity index (χ1n) is 7.81. The van der Waals surface area contributed by atoms with Gasteiger partial charge in [0, 0.05) is 24.7 Å². The van der Waals surface area contributed by atoms with Gasteiger partial charge < -0.3 is 0 Å². The molecule has 0 bridgehead atoms. The van der Waals surface area contributed by atoms with E-state index in [0.717, 1.165) is 18.1 Å². The standard InChI is InChI=1S/C15H30N2/c1-4-7-10-17-13(8-5-2)12-16(9-6-3)14-11-15(14)17/h13-15H,4-12H2,1-3H3/t13?,14-,15?/m1/s1. The molecule has 2 heteroatoms. The van der Waals surface area contributed by atoms with Gasteiger partial charge >= 0.3 is 0 Å². The van der Waals surface area contributed by atoms with Crippen molar-refractivity contribution in [2.24, 2.45) is 0 Å². The van der Waals surface area contributed by atoms with Gasteiger partial charge in [0.15, 0.2) is 0 Å². The average molecular weight is 238 g/mol. The molecule has 0 N–H and O–H groups in total. The molecule has 17 heavy (non-hydrogen) atoms. The molecule has 0 spiro atoms. The molecule has 2 fully saturated rings. The van der Waals surface area contributed by atoms with E-state index in [1.165, 1.54) is 58.2 Å². The van der Waals surface area contributed by atoms with Crippen LogP contribution in [0.4, 0.5) is 0 Å². The van der Waals surface area contributed by atoms with Crippen LogP contribution in [0.25, 0.3) is 0 Å². The Bertz CT molecular complexity index is 229. The van der Waals surface area contributed by atoms with Crippen molar-refractivity contribution in [2.45, 2.75) is 77.4 Å². The first-order valence-corrected chi connectivity index (χ1v) is 7.81. The lowest BCUT2D eigenvalue weighted by Crippen LogP contribution is -2.53. The minimum atomic E-state index is 0.849. The lowest BCUT2D eigenvalue weighted by molar-refractivity contribution is 0.0645. The summed E-state index contributed by atoms with van der Waals surface area (Å²) >= 11 is 0. The molecular formula is C15H30N2. The Morgan fingerprint density at radius 3 is 2.41 bits per heavy atom. The molecule has 1 aliphatic heterocycles. The highest BCUT2D eigenvalue weighted by Crippen LogP contribution is 2.40. The summed E-state index contributed by atoms with van der Waals surface area (Å²) in [5.41, 5.74) is 0. The van der Waals surface area contributed by atoms with Gasteiger partial charge in [-0.3, -0.25) is 9.80 Å². The molecule has 2 rings (SSSR count). The molecule has 2 unspecified atom stereocenters. The molecular weight excluding hydrogens is 208 g/mol. The Balaban J connectivity index is 1.92. The van der Waals surface area contributed by atoms with Crippen LogP contribution in [0.5, 0.6) is 0 Å². The summed E-state index contributed by atoms with van der Waals surface area (Å²) < 4.78 is 0. The molecule has 2 aliphatic rings. The van der Waals surface area contributed by atoms with E-state index >= 15 is 0 Å². The van der Waals surface area contributed by atoms with Crippen LogP contribution in [0.15, 0.2) is 0 Å². The Labute approximate surface area is 107 Å². The quantitative estimate of drug-likeness (QED) is 0.672. The normalized spacial score (nSPS) is 33.7. The van der Waals surface area contributed by atoms with E-state index in [2.05, 4.69) is 30.6 Å². The van der Waals surface area contributed by atoms with Gasteiger partial charge in [-0.05, 0) is 38.8 Å². The van der Waals surface area contributed by atoms with E-state index in [1.807, 2.05) is 0 Å². The van der Waals surface area contributed by atoms with Crippen molar-refractivity contribution in [3.63, 3.8) is 0 Å². The van der Waals surface area contributed by atoms with Crippen LogP contribution in [-0.4, -0.2) is 47.6 Å². The topological polar surface area (TPSA) is 6.48 Å². The van der Waals surface area contributed by atoms with Crippen LogP contribution in [0, 0.1) is 0 Å². The van der Waals surface area contributed by atoms with Crippen LogP contribution in [0.3, 0.4) is 0 Å². The maximum atomic E-state index is 2.85. The van der Waals surface area contributed by atoms with Crippen molar-refractivity contribution in [1.82, 2.24) is 9.80 Å². The molecule has 1 saturated heterocycles. The number of rotatable bonds is 7. The summed E-state index contributed by atoms with van der Waals surface area (Å²) in [5.74, 6) is 0. The van der Waals surface area contributed by atoms with Gasteiger partial charge in [0.25, 0.3) is 0 Å². The van der Waals surface area contributed by atoms with Gasteiger partial charge in [-0.25, -0.2) is 0 Å². The number of fused-ring (bicyclic) bond motifs is 1. The van der Waals surface area contributed by atoms with E-state index in [0.29, 0.717) is 0 Å². The first kappa shape index (κ1) is 13.4. The highest BCUT2D eigenvalue weighted by molar-refractivity contribution is 5.08. The Morgan fingerprint density at radius 1 is 0.941 bits per heavy atom. The van der Waals surface area contributed by atoms with Crippen LogP contribution in [0.2, 0.25) is 0 Å². The Kier molecular flexibility index (Phi) is 4.87. The van der Waals surface area contributed by atoms with E-state index in [4.69, 9.17) is 0 Å². The minimum absolute atomic E-state index is 0.849. The number of unbranched alkanes of at least 4 members (excludes halogenated alkanes) is 1. The average Bonchev–Trinajstić information content (AvgIpc) is 3.09. The SMILES string of the molecule is CCCCN1C(CCC)CN(CCC)[C@@H]2CC21. The molecule has 1 saturated carbocycles. The van der Waals surface area contributed by atoms with Gasteiger partial charge in [-0.1, -0.05) is 33.6 Å². The maximum Gasteiger partial charge on any atom is 0.0271 e. The van der Waals surface area contributed by atoms with Crippen molar-refractivity contribution in [1.29, 1.82) is 0 Å². The molecule has 2 nitrogen and oxygen atoms in total. The van der Waals surface area contributed by atoms with Crippen molar-refractivity contribution in [2.75, 3.05) is 19.6 Å². The Hall–Kier alpha value is -0.0800. The van der Waals surface area contributed by atoms with E-state index in [9.17, 15) is 0 Å². The predicted octanol–water partition coefficient (Wildman–Crippen LogP) is 3.12. The fourth-order valence-electron chi connectivity index (χ4n) is 3.52. The van der Waals surface area contributed by atoms with Gasteiger partial charge in [-0.15, -0.1) is 0 Å². The van der Waals surface area contributed by atoms with Crippen molar-refractivity contribution in [3.8, 4) is 0 Å². The van der Waals surface area contributed by atoms with Gasteiger partial charge in [0.05, 0.1) is 0 Å². The van der Waals surface area contributed by atoms with Crippen LogP contribution < -0.4 is 0 Å². The summed E-state index contributed by atoms with van der Waals surface area (Å²) in [7, 11) is 0. The number of piperazine rings is 1. The smallest absolute Gasteiger partial charge is 0.0271 e. The zero-order chi connectivity index (χ0) is 12.3. The van der Waals surface area contributed by atoms with Crippen LogP contribution in [0.1, 0.15) is 59.3 Å². The summed E-state index contributed by atoms with van der Waals surface area (Å²) in [6.45, 7) is 11.0. The lowest BCUT2D eigenvalue weighted by atomic mass is 10.1. The fraction of sp³-hybridized carbons (Fsp3) is 1.00. The second kappa shape index (κ2) is 6.19. The van der Waals surface area contributed by atoms with E-state index < -0.39 is 0 Å². The minimum Gasteiger partial charge on any atom is -0.297 e. The molecule has 1 heterocycles. The number of nitrogens with zero attached hydrogens (tertiary/aromatic N) is 2. The largest absolute Gasteiger partial charge is 0.297 e. The second-order valence-electron chi connectivity index (χ2n) is 5.90. The zero-order valence-corrected chi connectivity index (χ0v) is 12.0. The summed E-state index contributed by atoms with van der Waals surface area (Å²) in [6.07, 6.45) is 8.22. The fourth-order valence-corrected chi connectivity index (χ4v) is 3.52. The van der Waals surface area contributed by atoms with Gasteiger partial charge in [-0.2, -0.15) is 0 Å². The molecule has 0 aromatic rings. The molecule has 1 aliphatic carbocycles. The summed E-state index contributed by atoms with van der Waals surface area (Å²) in [5, 5.41) is 0. The summed E-state index contributed by atoms with van der Waals surface area (Å²) in [6, 6.07) is 2.68. The predicted molar refractivity (Wildman–Crippen MR) is 74.4 cm³/mol. The van der Waals surface area contributed by atoms with Crippen LogP contribution in [-0.2, 0) is 0 Å². The Morgan fingerprint density at radius 2 is 1.76 bits per heavy atom. The summed E-state index contributed by atoms with van der Waals surface area (Å²) in [4.78, 5) is 5.62. The van der Waals surface area contributed by atoms with Crippen LogP contribution >= 0.6 is 0 Å². The maximum absolute atomic E-state index is 2.85. The van der Waals surface area contributed by atoms with E-state index in [1.54, 1.807) is 0 Å². The lowest BCUT2D eigenvalue weighted by Gasteiger charge is -2.41. The molecule has 0 aromatic carbocycles. The van der Waals surface area contributed by atoms with Crippen molar-refractivity contribution in [3.05, 3.63) is 0 Å². The highest BCUT2D eigenvalue weighted by Gasteiger charge is 2.51. The number of hydrogen-bond acceptors (Lipinski definition) is 2. The zero-order valence-electron chi connectivity index (χ0n) is 12.0. The second-order valence-corrected chi connectivity index (χ2v) is 5.90. The third kappa shape index (κ3) is 3.03. The molecule has 3 atom stereocenters. The molecule has 0 radical (unpaired) electrons. The highest BCUT2D eigenvalue weighted by atomic mass is 15.4. The van der Waals surface area contributed by atoms with Crippen molar-refractivity contribution < 1.29 is 0 Å². The third-order valence-corrected chi connectivity index (χ3v) is 4.44. The van der Waals surface area contributed by atoms with Gasteiger partial charge in [0.1, 0.15) is 0 Å². The third-order valence-electron chi connectivity index (χ3n) is 4.44. The molecule has 0 aromatic heterocycles. The van der Waals surface area contributed by atoms with E-state index in [-0.39, 0.29) is 0 Å². The van der Waals surface area contributed by atoms with Gasteiger partial charge in [0.2, 0.25) is 0 Å². The van der Waals surface area contributed by atoms with Crippen molar-refractivity contribution >= 4 is 0 Å². The first-order chi connectivity index (χ1) is 8.31. The molecule has 100 valence electrons. The molecule has 0 amide bonds. The monoisotopic (exact) mass is 238 g/mol. The number of hydrogen-bond donors (Lipinski definition) is 0.